The molecule has 10 heavy (non-hydrogen) atoms. The number of hydrogen-bond acceptors (Lipinski definition) is 1. The fraction of sp³-hybridized carbons (Fsp3) is 0.625. The Hall–Kier alpha value is -0.160. The van der Waals surface area contributed by atoms with Gasteiger partial charge in [-0.25, -0.2) is 0 Å². The zero-order valence-corrected chi connectivity index (χ0v) is 7.80. The molecule has 0 N–H and O–H groups in total. The highest BCUT2D eigenvalue weighted by Gasteiger charge is 1.97. The summed E-state index contributed by atoms with van der Waals surface area (Å²) < 4.78 is 0. The quantitative estimate of drug-likeness (QED) is 0.567. The molecule has 58 valence electrons. The van der Waals surface area contributed by atoms with E-state index in [9.17, 15) is 0 Å². The SMILES string of the molecule is CCCC[PH]1=CN(C)C=C1. The van der Waals surface area contributed by atoms with Gasteiger partial charge < -0.3 is 4.90 Å². The van der Waals surface area contributed by atoms with E-state index in [1.807, 2.05) is 0 Å². The van der Waals surface area contributed by atoms with Crippen molar-refractivity contribution in [3.8, 4) is 0 Å². The molecule has 0 saturated heterocycles. The third-order valence-electron chi connectivity index (χ3n) is 1.71. The van der Waals surface area contributed by atoms with E-state index in [2.05, 4.69) is 36.8 Å². The van der Waals surface area contributed by atoms with Crippen molar-refractivity contribution in [1.82, 2.24) is 4.90 Å². The molecule has 1 aliphatic heterocycles. The molecule has 0 radical (unpaired) electrons. The second-order valence-corrected chi connectivity index (χ2v) is 5.03. The maximum absolute atomic E-state index is 2.38. The van der Waals surface area contributed by atoms with Crippen molar-refractivity contribution < 1.29 is 0 Å². The molecule has 0 aromatic carbocycles. The van der Waals surface area contributed by atoms with Crippen LogP contribution in [0.15, 0.2) is 12.0 Å². The maximum Gasteiger partial charge on any atom is 0.0106 e. The summed E-state index contributed by atoms with van der Waals surface area (Å²) in [6.07, 6.45) is 6.33. The largest absolute Gasteiger partial charge is 0.357 e. The average molecular weight is 157 g/mol. The van der Waals surface area contributed by atoms with Gasteiger partial charge in [-0.1, -0.05) is 20.9 Å². The van der Waals surface area contributed by atoms with Gasteiger partial charge in [0.25, 0.3) is 0 Å². The maximum atomic E-state index is 2.38. The highest BCUT2D eigenvalue weighted by molar-refractivity contribution is 7.60. The Kier molecular flexibility index (Phi) is 3.08. The Balaban J connectivity index is 2.30. The predicted octanol–water partition coefficient (Wildman–Crippen LogP) is 2.18. The van der Waals surface area contributed by atoms with Crippen LogP contribution in [0.1, 0.15) is 19.8 Å². The first kappa shape index (κ1) is 7.94. The molecule has 0 amide bonds. The molecule has 1 heterocycles. The van der Waals surface area contributed by atoms with Crippen molar-refractivity contribution in [3.63, 3.8) is 0 Å². The summed E-state index contributed by atoms with van der Waals surface area (Å²) in [6.45, 7) is 2.25. The minimum Gasteiger partial charge on any atom is -0.357 e. The van der Waals surface area contributed by atoms with E-state index >= 15 is 0 Å². The molecular weight excluding hydrogens is 141 g/mol. The molecule has 0 bridgehead atoms. The third-order valence-corrected chi connectivity index (χ3v) is 3.96. The van der Waals surface area contributed by atoms with Crippen LogP contribution in [0.2, 0.25) is 0 Å². The molecule has 1 nitrogen and oxygen atoms in total. The standard InChI is InChI=1S/C8H16NP/c1-3-4-6-10-7-5-9(2)8-10/h5,7-8,10H,3-4,6H2,1-2H3. The van der Waals surface area contributed by atoms with Gasteiger partial charge in [-0.2, -0.15) is 0 Å². The molecule has 1 atom stereocenters. The molecule has 1 rings (SSSR count). The molecule has 0 aliphatic carbocycles. The second kappa shape index (κ2) is 3.88. The van der Waals surface area contributed by atoms with Crippen molar-refractivity contribution in [2.45, 2.75) is 19.8 Å². The lowest BCUT2D eigenvalue weighted by molar-refractivity contribution is 0.728. The van der Waals surface area contributed by atoms with Gasteiger partial charge in [-0.3, -0.25) is 0 Å². The molecular formula is C8H16NP. The summed E-state index contributed by atoms with van der Waals surface area (Å²) in [5, 5.41) is 0. The molecule has 0 saturated carbocycles. The molecule has 0 aromatic heterocycles. The monoisotopic (exact) mass is 157 g/mol. The Bertz CT molecular complexity index is 161. The minimum atomic E-state index is -0.203. The van der Waals surface area contributed by atoms with Gasteiger partial charge in [0.05, 0.1) is 0 Å². The minimum absolute atomic E-state index is 0.203. The zero-order chi connectivity index (χ0) is 7.40. The number of hydrogen-bond donors (Lipinski definition) is 0. The lowest BCUT2D eigenvalue weighted by Crippen LogP contribution is -2.01. The van der Waals surface area contributed by atoms with Crippen molar-refractivity contribution in [2.24, 2.45) is 0 Å². The van der Waals surface area contributed by atoms with Crippen molar-refractivity contribution in [2.75, 3.05) is 13.2 Å². The first-order chi connectivity index (χ1) is 4.83. The summed E-state index contributed by atoms with van der Waals surface area (Å²) in [6, 6.07) is 0. The number of nitrogens with zero attached hydrogens (tertiary/aromatic N) is 1. The van der Waals surface area contributed by atoms with Crippen molar-refractivity contribution >= 4 is 13.5 Å². The van der Waals surface area contributed by atoms with E-state index in [1.165, 1.54) is 19.0 Å². The Morgan fingerprint density at radius 2 is 2.30 bits per heavy atom. The van der Waals surface area contributed by atoms with Crippen LogP contribution < -0.4 is 0 Å². The lowest BCUT2D eigenvalue weighted by atomic mass is 10.4. The first-order valence-corrected chi connectivity index (χ1v) is 5.80. The van der Waals surface area contributed by atoms with Crippen LogP contribution in [-0.2, 0) is 0 Å². The van der Waals surface area contributed by atoms with E-state index in [1.54, 1.807) is 0 Å². The summed E-state index contributed by atoms with van der Waals surface area (Å²) in [7, 11) is 1.91. The molecule has 1 unspecified atom stereocenters. The number of unbranched alkanes of at least 4 members (excludes halogenated alkanes) is 1. The van der Waals surface area contributed by atoms with Crippen LogP contribution in [0, 0.1) is 0 Å². The van der Waals surface area contributed by atoms with Gasteiger partial charge in [0.15, 0.2) is 0 Å². The summed E-state index contributed by atoms with van der Waals surface area (Å²) >= 11 is 0. The van der Waals surface area contributed by atoms with Crippen LogP contribution in [0.5, 0.6) is 0 Å². The fourth-order valence-corrected chi connectivity index (χ4v) is 3.27. The molecule has 2 heteroatoms. The highest BCUT2D eigenvalue weighted by atomic mass is 31.1. The van der Waals surface area contributed by atoms with Gasteiger partial charge in [-0.05, 0) is 18.4 Å². The molecule has 0 fully saturated rings. The predicted molar refractivity (Wildman–Crippen MR) is 51.1 cm³/mol. The lowest BCUT2D eigenvalue weighted by Gasteiger charge is -2.01. The Morgan fingerprint density at radius 1 is 1.50 bits per heavy atom. The summed E-state index contributed by atoms with van der Waals surface area (Å²) in [4.78, 5) is 2.18. The fourth-order valence-electron chi connectivity index (χ4n) is 1.09. The zero-order valence-electron chi connectivity index (χ0n) is 6.80. The normalized spacial score (nSPS) is 23.4. The highest BCUT2D eigenvalue weighted by Crippen LogP contribution is 2.29. The van der Waals surface area contributed by atoms with Crippen LogP contribution >= 0.6 is 7.55 Å². The van der Waals surface area contributed by atoms with Gasteiger partial charge in [0, 0.05) is 19.2 Å². The third kappa shape index (κ3) is 2.22. The molecule has 0 spiro atoms. The number of rotatable bonds is 3. The summed E-state index contributed by atoms with van der Waals surface area (Å²) in [5.41, 5.74) is 0. The first-order valence-electron chi connectivity index (χ1n) is 3.93. The molecule has 0 aromatic rings. The smallest absolute Gasteiger partial charge is 0.0106 e. The van der Waals surface area contributed by atoms with Crippen molar-refractivity contribution in [1.29, 1.82) is 0 Å². The van der Waals surface area contributed by atoms with Gasteiger partial charge in [0.2, 0.25) is 0 Å². The summed E-state index contributed by atoms with van der Waals surface area (Å²) in [5.74, 6) is 4.75. The van der Waals surface area contributed by atoms with Gasteiger partial charge >= 0.3 is 0 Å². The molecule has 1 aliphatic rings. The van der Waals surface area contributed by atoms with Gasteiger partial charge in [0.1, 0.15) is 0 Å². The van der Waals surface area contributed by atoms with Gasteiger partial charge in [-0.15, -0.1) is 0 Å². The Labute approximate surface area is 64.1 Å². The van der Waals surface area contributed by atoms with E-state index in [0.717, 1.165) is 0 Å². The van der Waals surface area contributed by atoms with Crippen molar-refractivity contribution in [3.05, 3.63) is 12.0 Å². The average Bonchev–Trinajstić information content (AvgIpc) is 2.31. The van der Waals surface area contributed by atoms with Crippen LogP contribution in [-0.4, -0.2) is 24.0 Å². The Morgan fingerprint density at radius 3 is 2.80 bits per heavy atom. The van der Waals surface area contributed by atoms with Crippen LogP contribution in [0.3, 0.4) is 0 Å². The second-order valence-electron chi connectivity index (χ2n) is 2.79. The van der Waals surface area contributed by atoms with E-state index in [4.69, 9.17) is 0 Å². The van der Waals surface area contributed by atoms with Crippen LogP contribution in [0.25, 0.3) is 0 Å². The van der Waals surface area contributed by atoms with E-state index < -0.39 is 0 Å². The van der Waals surface area contributed by atoms with E-state index in [-0.39, 0.29) is 7.55 Å². The van der Waals surface area contributed by atoms with E-state index in [0.29, 0.717) is 0 Å². The topological polar surface area (TPSA) is 3.24 Å². The van der Waals surface area contributed by atoms with Crippen LogP contribution in [0.4, 0.5) is 0 Å².